The van der Waals surface area contributed by atoms with Crippen LogP contribution in [0.25, 0.3) is 0 Å². The minimum atomic E-state index is -0.526. The van der Waals surface area contributed by atoms with E-state index in [2.05, 4.69) is 5.32 Å². The average molecular weight is 219 g/mol. The summed E-state index contributed by atoms with van der Waals surface area (Å²) in [5.74, 6) is 0.0802. The van der Waals surface area contributed by atoms with Gasteiger partial charge in [-0.25, -0.2) is 4.79 Å². The predicted molar refractivity (Wildman–Crippen MR) is 57.8 cm³/mol. The van der Waals surface area contributed by atoms with E-state index < -0.39 is 6.09 Å². The Morgan fingerprint density at radius 1 is 1.38 bits per heavy atom. The van der Waals surface area contributed by atoms with Gasteiger partial charge in [-0.2, -0.15) is 0 Å². The van der Waals surface area contributed by atoms with Gasteiger partial charge in [0.25, 0.3) is 0 Å². The zero-order chi connectivity index (χ0) is 11.4. The molecule has 4 heteroatoms. The van der Waals surface area contributed by atoms with Crippen molar-refractivity contribution in [3.05, 3.63) is 35.9 Å². The number of ether oxygens (including phenoxy) is 1. The molecule has 0 bridgehead atoms. The van der Waals surface area contributed by atoms with Crippen LogP contribution in [0.5, 0.6) is 0 Å². The van der Waals surface area contributed by atoms with Gasteiger partial charge in [0.1, 0.15) is 6.61 Å². The number of ketones is 1. The normalized spacial score (nSPS) is 18.8. The molecule has 16 heavy (non-hydrogen) atoms. The first kappa shape index (κ1) is 10.7. The number of hydrogen-bond donors (Lipinski definition) is 1. The van der Waals surface area contributed by atoms with Crippen molar-refractivity contribution in [1.29, 1.82) is 0 Å². The Balaban J connectivity index is 1.74. The van der Waals surface area contributed by atoms with E-state index in [1.165, 1.54) is 0 Å². The molecule has 1 aliphatic rings. The van der Waals surface area contributed by atoms with Crippen LogP contribution in [0, 0.1) is 0 Å². The summed E-state index contributed by atoms with van der Waals surface area (Å²) in [4.78, 5) is 22.2. The number of hydrogen-bond acceptors (Lipinski definition) is 3. The maximum absolute atomic E-state index is 11.3. The third kappa shape index (κ3) is 2.59. The van der Waals surface area contributed by atoms with Crippen LogP contribution in [-0.2, 0) is 16.1 Å². The molecule has 1 saturated carbocycles. The fourth-order valence-corrected chi connectivity index (χ4v) is 1.47. The summed E-state index contributed by atoms with van der Waals surface area (Å²) in [6.07, 6.45) is 0.755. The van der Waals surface area contributed by atoms with Gasteiger partial charge in [-0.3, -0.25) is 4.79 Å². The van der Waals surface area contributed by atoms with Gasteiger partial charge in [-0.1, -0.05) is 30.3 Å². The zero-order valence-electron chi connectivity index (χ0n) is 8.81. The minimum Gasteiger partial charge on any atom is -0.445 e. The maximum atomic E-state index is 11.3. The first-order valence-corrected chi connectivity index (χ1v) is 5.25. The summed E-state index contributed by atoms with van der Waals surface area (Å²) in [5, 5.41) is 2.53. The van der Waals surface area contributed by atoms with E-state index in [-0.39, 0.29) is 18.4 Å². The molecule has 1 N–H and O–H groups in total. The Hall–Kier alpha value is -1.84. The number of carbonyl (C=O) groups is 2. The summed E-state index contributed by atoms with van der Waals surface area (Å²) in [6.45, 7) is 0.230. The molecule has 1 fully saturated rings. The smallest absolute Gasteiger partial charge is 0.408 e. The van der Waals surface area contributed by atoms with E-state index in [9.17, 15) is 9.59 Å². The van der Waals surface area contributed by atoms with Crippen LogP contribution in [0.3, 0.4) is 0 Å². The van der Waals surface area contributed by atoms with Crippen molar-refractivity contribution in [2.45, 2.75) is 25.5 Å². The van der Waals surface area contributed by atoms with Gasteiger partial charge in [0.2, 0.25) is 0 Å². The predicted octanol–water partition coefficient (Wildman–Crippen LogP) is 1.64. The van der Waals surface area contributed by atoms with E-state index in [4.69, 9.17) is 4.74 Å². The molecular formula is C12H13NO3. The molecule has 0 radical (unpaired) electrons. The van der Waals surface area contributed by atoms with Gasteiger partial charge < -0.3 is 10.1 Å². The van der Waals surface area contributed by atoms with Crippen molar-refractivity contribution >= 4 is 11.9 Å². The van der Waals surface area contributed by atoms with Crippen LogP contribution < -0.4 is 5.32 Å². The summed E-state index contributed by atoms with van der Waals surface area (Å²) in [7, 11) is 0. The van der Waals surface area contributed by atoms with Crippen LogP contribution in [-0.4, -0.2) is 17.9 Å². The van der Waals surface area contributed by atoms with Crippen molar-refractivity contribution in [1.82, 2.24) is 5.32 Å². The van der Waals surface area contributed by atoms with E-state index in [0.29, 0.717) is 6.42 Å². The number of alkyl carbamates (subject to hydrolysis) is 1. The molecule has 2 rings (SSSR count). The lowest BCUT2D eigenvalue weighted by molar-refractivity contribution is -0.126. The molecule has 1 amide bonds. The third-order valence-electron chi connectivity index (χ3n) is 2.57. The number of benzene rings is 1. The summed E-state index contributed by atoms with van der Waals surface area (Å²) < 4.78 is 4.98. The highest BCUT2D eigenvalue weighted by Gasteiger charge is 2.29. The molecule has 1 aromatic rings. The lowest BCUT2D eigenvalue weighted by atomic mass is 9.91. The van der Waals surface area contributed by atoms with Crippen molar-refractivity contribution in [2.75, 3.05) is 0 Å². The SMILES string of the molecule is O=C(N[C@H]1CCC1=O)OCc1ccccc1. The van der Waals surface area contributed by atoms with Crippen molar-refractivity contribution in [3.8, 4) is 0 Å². The van der Waals surface area contributed by atoms with Crippen molar-refractivity contribution in [3.63, 3.8) is 0 Å². The molecule has 0 saturated heterocycles. The zero-order valence-corrected chi connectivity index (χ0v) is 8.81. The topological polar surface area (TPSA) is 55.4 Å². The molecule has 0 spiro atoms. The van der Waals surface area contributed by atoms with Crippen LogP contribution >= 0.6 is 0 Å². The lowest BCUT2D eigenvalue weighted by Crippen LogP contribution is -2.47. The standard InChI is InChI=1S/C12H13NO3/c14-11-7-6-10(11)13-12(15)16-8-9-4-2-1-3-5-9/h1-5,10H,6-8H2,(H,13,15)/t10-/m0/s1. The van der Waals surface area contributed by atoms with Crippen LogP contribution in [0.15, 0.2) is 30.3 Å². The van der Waals surface area contributed by atoms with E-state index >= 15 is 0 Å². The highest BCUT2D eigenvalue weighted by molar-refractivity contribution is 5.92. The van der Waals surface area contributed by atoms with Gasteiger partial charge in [0.15, 0.2) is 5.78 Å². The van der Waals surface area contributed by atoms with Crippen LogP contribution in [0.1, 0.15) is 18.4 Å². The Morgan fingerprint density at radius 2 is 2.12 bits per heavy atom. The summed E-state index contributed by atoms with van der Waals surface area (Å²) in [6, 6.07) is 9.08. The Labute approximate surface area is 93.6 Å². The highest BCUT2D eigenvalue weighted by atomic mass is 16.5. The third-order valence-corrected chi connectivity index (χ3v) is 2.57. The lowest BCUT2D eigenvalue weighted by Gasteiger charge is -2.24. The average Bonchev–Trinajstić information content (AvgIpc) is 2.33. The first-order valence-electron chi connectivity index (χ1n) is 5.25. The molecular weight excluding hydrogens is 206 g/mol. The second-order valence-electron chi connectivity index (χ2n) is 3.76. The summed E-state index contributed by atoms with van der Waals surface area (Å²) >= 11 is 0. The highest BCUT2D eigenvalue weighted by Crippen LogP contribution is 2.13. The van der Waals surface area contributed by atoms with Crippen LogP contribution in [0.2, 0.25) is 0 Å². The second kappa shape index (κ2) is 4.79. The fourth-order valence-electron chi connectivity index (χ4n) is 1.47. The molecule has 1 aliphatic carbocycles. The number of Topliss-reactive ketones (excluding diaryl/α,β-unsaturated/α-hetero) is 1. The molecule has 0 aromatic heterocycles. The quantitative estimate of drug-likeness (QED) is 0.840. The van der Waals surface area contributed by atoms with E-state index in [0.717, 1.165) is 12.0 Å². The molecule has 84 valence electrons. The monoisotopic (exact) mass is 219 g/mol. The molecule has 1 aromatic carbocycles. The van der Waals surface area contributed by atoms with Crippen molar-refractivity contribution in [2.24, 2.45) is 0 Å². The largest absolute Gasteiger partial charge is 0.445 e. The Morgan fingerprint density at radius 3 is 2.69 bits per heavy atom. The van der Waals surface area contributed by atoms with E-state index in [1.807, 2.05) is 30.3 Å². The van der Waals surface area contributed by atoms with Gasteiger partial charge in [-0.05, 0) is 12.0 Å². The summed E-state index contributed by atoms with van der Waals surface area (Å²) in [5.41, 5.74) is 0.928. The second-order valence-corrected chi connectivity index (χ2v) is 3.76. The Kier molecular flexibility index (Phi) is 3.19. The number of rotatable bonds is 3. The molecule has 0 unspecified atom stereocenters. The number of amides is 1. The van der Waals surface area contributed by atoms with Crippen molar-refractivity contribution < 1.29 is 14.3 Å². The maximum Gasteiger partial charge on any atom is 0.408 e. The van der Waals surface area contributed by atoms with Gasteiger partial charge in [-0.15, -0.1) is 0 Å². The fraction of sp³-hybridized carbons (Fsp3) is 0.333. The van der Waals surface area contributed by atoms with Crippen LogP contribution in [0.4, 0.5) is 4.79 Å². The molecule has 1 atom stereocenters. The minimum absolute atomic E-state index is 0.0802. The van der Waals surface area contributed by atoms with E-state index in [1.54, 1.807) is 0 Å². The van der Waals surface area contributed by atoms with Gasteiger partial charge >= 0.3 is 6.09 Å². The number of nitrogens with one attached hydrogen (secondary N) is 1. The molecule has 0 aliphatic heterocycles. The molecule has 0 heterocycles. The molecule has 4 nitrogen and oxygen atoms in total. The Bertz CT molecular complexity index is 389. The number of carbonyl (C=O) groups excluding carboxylic acids is 2. The van der Waals surface area contributed by atoms with Gasteiger partial charge in [0, 0.05) is 6.42 Å². The van der Waals surface area contributed by atoms with Gasteiger partial charge in [0.05, 0.1) is 6.04 Å². The first-order chi connectivity index (χ1) is 7.75.